The number of hydrogen-bond acceptors (Lipinski definition) is 4. The van der Waals surface area contributed by atoms with Gasteiger partial charge in [0, 0.05) is 5.02 Å². The van der Waals surface area contributed by atoms with Crippen LogP contribution in [0.5, 0.6) is 17.2 Å². The number of hydrogen-bond donors (Lipinski definition) is 0. The molecule has 21 heavy (non-hydrogen) atoms. The third-order valence-corrected chi connectivity index (χ3v) is 3.38. The molecule has 0 aromatic heterocycles. The molecule has 108 valence electrons. The minimum atomic E-state index is -0.334. The topological polar surface area (TPSA) is 44.8 Å². The van der Waals surface area contributed by atoms with Gasteiger partial charge < -0.3 is 14.2 Å². The first-order valence-corrected chi connectivity index (χ1v) is 6.85. The van der Waals surface area contributed by atoms with Gasteiger partial charge in [-0.25, -0.2) is 0 Å². The molecule has 0 amide bonds. The predicted molar refractivity (Wildman–Crippen MR) is 78.1 cm³/mol. The van der Waals surface area contributed by atoms with Crippen LogP contribution in [0.2, 0.25) is 5.02 Å². The highest BCUT2D eigenvalue weighted by molar-refractivity contribution is 6.30. The van der Waals surface area contributed by atoms with Gasteiger partial charge in [-0.1, -0.05) is 17.7 Å². The van der Waals surface area contributed by atoms with Gasteiger partial charge in [-0.2, -0.15) is 0 Å². The Morgan fingerprint density at radius 3 is 2.81 bits per heavy atom. The highest BCUT2D eigenvalue weighted by atomic mass is 35.5. The zero-order valence-electron chi connectivity index (χ0n) is 11.4. The molecule has 2 aromatic rings. The molecular formula is C16H13ClO4. The molecule has 0 saturated carbocycles. The maximum atomic E-state index is 12.0. The summed E-state index contributed by atoms with van der Waals surface area (Å²) in [7, 11) is 0. The van der Waals surface area contributed by atoms with Crippen molar-refractivity contribution in [2.24, 2.45) is 0 Å². The fourth-order valence-electron chi connectivity index (χ4n) is 2.10. The van der Waals surface area contributed by atoms with Crippen molar-refractivity contribution < 1.29 is 19.0 Å². The molecule has 1 aliphatic rings. The van der Waals surface area contributed by atoms with Gasteiger partial charge in [-0.3, -0.25) is 4.79 Å². The van der Waals surface area contributed by atoms with Gasteiger partial charge in [-0.05, 0) is 48.4 Å². The van der Waals surface area contributed by atoms with E-state index in [2.05, 4.69) is 0 Å². The molecule has 1 heterocycles. The minimum absolute atomic E-state index is 0.165. The molecule has 0 aliphatic carbocycles. The quantitative estimate of drug-likeness (QED) is 0.643. The molecule has 5 heteroatoms. The fourth-order valence-corrected chi connectivity index (χ4v) is 2.33. The molecule has 0 saturated heterocycles. The van der Waals surface area contributed by atoms with E-state index in [4.69, 9.17) is 25.8 Å². The Hall–Kier alpha value is -2.20. The first kappa shape index (κ1) is 13.8. The van der Waals surface area contributed by atoms with Crippen molar-refractivity contribution in [2.45, 2.75) is 13.3 Å². The number of carbonyl (C=O) groups excluding carboxylic acids is 1. The first-order chi connectivity index (χ1) is 10.1. The van der Waals surface area contributed by atoms with E-state index >= 15 is 0 Å². The standard InChI is InChI=1S/C16H13ClO4/c1-10-6-12(17)3-5-13(10)21-16(18)8-11-2-4-14-15(7-11)20-9-19-14/h2-7H,8-9H2,1H3. The monoisotopic (exact) mass is 304 g/mol. The summed E-state index contributed by atoms with van der Waals surface area (Å²) >= 11 is 5.87. The second kappa shape index (κ2) is 5.66. The van der Waals surface area contributed by atoms with Crippen molar-refractivity contribution in [3.8, 4) is 17.2 Å². The second-order valence-corrected chi connectivity index (χ2v) is 5.18. The van der Waals surface area contributed by atoms with Crippen LogP contribution in [0.3, 0.4) is 0 Å². The number of halogens is 1. The predicted octanol–water partition coefficient (Wildman–Crippen LogP) is 3.53. The van der Waals surface area contributed by atoms with Gasteiger partial charge in [0.1, 0.15) is 5.75 Å². The number of esters is 1. The van der Waals surface area contributed by atoms with Crippen LogP contribution in [0.4, 0.5) is 0 Å². The zero-order chi connectivity index (χ0) is 14.8. The Balaban J connectivity index is 1.69. The third-order valence-electron chi connectivity index (χ3n) is 3.15. The van der Waals surface area contributed by atoms with Crippen LogP contribution in [0.15, 0.2) is 36.4 Å². The molecule has 0 atom stereocenters. The lowest BCUT2D eigenvalue weighted by molar-refractivity contribution is -0.133. The summed E-state index contributed by atoms with van der Waals surface area (Å²) in [6.07, 6.45) is 0.165. The maximum absolute atomic E-state index is 12.0. The molecule has 2 aromatic carbocycles. The Labute approximate surface area is 127 Å². The summed E-state index contributed by atoms with van der Waals surface area (Å²) in [5.41, 5.74) is 1.64. The zero-order valence-corrected chi connectivity index (χ0v) is 12.1. The SMILES string of the molecule is Cc1cc(Cl)ccc1OC(=O)Cc1ccc2c(c1)OCO2. The van der Waals surface area contributed by atoms with E-state index in [1.807, 2.05) is 13.0 Å². The van der Waals surface area contributed by atoms with E-state index < -0.39 is 0 Å². The van der Waals surface area contributed by atoms with Gasteiger partial charge in [0.2, 0.25) is 6.79 Å². The average molecular weight is 305 g/mol. The molecule has 0 radical (unpaired) electrons. The summed E-state index contributed by atoms with van der Waals surface area (Å²) in [5.74, 6) is 1.54. The van der Waals surface area contributed by atoms with Crippen LogP contribution >= 0.6 is 11.6 Å². The lowest BCUT2D eigenvalue weighted by Crippen LogP contribution is -2.11. The summed E-state index contributed by atoms with van der Waals surface area (Å²) in [6, 6.07) is 10.5. The van der Waals surface area contributed by atoms with Crippen molar-refractivity contribution >= 4 is 17.6 Å². The molecule has 0 bridgehead atoms. The van der Waals surface area contributed by atoms with Crippen LogP contribution in [0.1, 0.15) is 11.1 Å². The molecule has 0 unspecified atom stereocenters. The summed E-state index contributed by atoms with van der Waals surface area (Å²) in [4.78, 5) is 12.0. The average Bonchev–Trinajstić information content (AvgIpc) is 2.89. The Morgan fingerprint density at radius 2 is 2.00 bits per heavy atom. The first-order valence-electron chi connectivity index (χ1n) is 6.47. The number of aryl methyl sites for hydroxylation is 1. The van der Waals surface area contributed by atoms with Gasteiger partial charge in [0.25, 0.3) is 0 Å². The normalized spacial score (nSPS) is 12.3. The van der Waals surface area contributed by atoms with Gasteiger partial charge >= 0.3 is 5.97 Å². The van der Waals surface area contributed by atoms with Crippen molar-refractivity contribution in [2.75, 3.05) is 6.79 Å². The Bertz CT molecular complexity index is 697. The Kier molecular flexibility index (Phi) is 3.71. The number of rotatable bonds is 3. The van der Waals surface area contributed by atoms with E-state index in [0.29, 0.717) is 22.3 Å². The fraction of sp³-hybridized carbons (Fsp3) is 0.188. The molecule has 0 N–H and O–H groups in total. The number of carbonyl (C=O) groups is 1. The van der Waals surface area contributed by atoms with Crippen LogP contribution in [0.25, 0.3) is 0 Å². The van der Waals surface area contributed by atoms with Crippen LogP contribution < -0.4 is 14.2 Å². The number of ether oxygens (including phenoxy) is 3. The van der Waals surface area contributed by atoms with Gasteiger partial charge in [0.05, 0.1) is 6.42 Å². The van der Waals surface area contributed by atoms with E-state index in [0.717, 1.165) is 11.1 Å². The lowest BCUT2D eigenvalue weighted by Gasteiger charge is -2.08. The molecular weight excluding hydrogens is 292 g/mol. The van der Waals surface area contributed by atoms with Crippen LogP contribution in [-0.4, -0.2) is 12.8 Å². The number of fused-ring (bicyclic) bond motifs is 1. The highest BCUT2D eigenvalue weighted by Crippen LogP contribution is 2.32. The van der Waals surface area contributed by atoms with Gasteiger partial charge in [0.15, 0.2) is 11.5 Å². The van der Waals surface area contributed by atoms with Crippen LogP contribution in [-0.2, 0) is 11.2 Å². The molecule has 3 rings (SSSR count). The van der Waals surface area contributed by atoms with E-state index in [9.17, 15) is 4.79 Å². The Morgan fingerprint density at radius 1 is 1.19 bits per heavy atom. The summed E-state index contributed by atoms with van der Waals surface area (Å²) in [6.45, 7) is 2.06. The largest absolute Gasteiger partial charge is 0.454 e. The third kappa shape index (κ3) is 3.11. The highest BCUT2D eigenvalue weighted by Gasteiger charge is 2.15. The second-order valence-electron chi connectivity index (χ2n) is 4.75. The van der Waals surface area contributed by atoms with E-state index in [-0.39, 0.29) is 19.2 Å². The molecule has 4 nitrogen and oxygen atoms in total. The van der Waals surface area contributed by atoms with Crippen LogP contribution in [0, 0.1) is 6.92 Å². The smallest absolute Gasteiger partial charge is 0.315 e. The molecule has 0 fully saturated rings. The maximum Gasteiger partial charge on any atom is 0.315 e. The van der Waals surface area contributed by atoms with Crippen molar-refractivity contribution in [3.05, 3.63) is 52.5 Å². The van der Waals surface area contributed by atoms with E-state index in [1.54, 1.807) is 30.3 Å². The van der Waals surface area contributed by atoms with Crippen molar-refractivity contribution in [1.29, 1.82) is 0 Å². The van der Waals surface area contributed by atoms with Crippen molar-refractivity contribution in [3.63, 3.8) is 0 Å². The number of benzene rings is 2. The molecule has 0 spiro atoms. The molecule has 1 aliphatic heterocycles. The summed E-state index contributed by atoms with van der Waals surface area (Å²) < 4.78 is 15.9. The van der Waals surface area contributed by atoms with E-state index in [1.165, 1.54) is 0 Å². The summed E-state index contributed by atoms with van der Waals surface area (Å²) in [5, 5.41) is 0.614. The van der Waals surface area contributed by atoms with Gasteiger partial charge in [-0.15, -0.1) is 0 Å². The minimum Gasteiger partial charge on any atom is -0.454 e. The van der Waals surface area contributed by atoms with Crippen molar-refractivity contribution in [1.82, 2.24) is 0 Å². The lowest BCUT2D eigenvalue weighted by atomic mass is 10.1.